The number of sulfonamides is 1. The van der Waals surface area contributed by atoms with Gasteiger partial charge in [-0.3, -0.25) is 0 Å². The van der Waals surface area contributed by atoms with Crippen molar-refractivity contribution < 1.29 is 8.42 Å². The van der Waals surface area contributed by atoms with E-state index < -0.39 is 10.0 Å². The fourth-order valence-electron chi connectivity index (χ4n) is 1.60. The lowest BCUT2D eigenvalue weighted by Gasteiger charge is -2.06. The highest BCUT2D eigenvalue weighted by atomic mass is 32.2. The van der Waals surface area contributed by atoms with Gasteiger partial charge in [-0.2, -0.15) is 11.8 Å². The van der Waals surface area contributed by atoms with E-state index in [-0.39, 0.29) is 4.90 Å². The van der Waals surface area contributed by atoms with Gasteiger partial charge in [-0.25, -0.2) is 23.1 Å². The molecule has 8 heteroatoms. The van der Waals surface area contributed by atoms with Crippen molar-refractivity contribution in [1.82, 2.24) is 14.7 Å². The van der Waals surface area contributed by atoms with Gasteiger partial charge in [-0.1, -0.05) is 12.8 Å². The van der Waals surface area contributed by atoms with Gasteiger partial charge in [-0.15, -0.1) is 0 Å². The molecule has 20 heavy (non-hydrogen) atoms. The summed E-state index contributed by atoms with van der Waals surface area (Å²) in [7, 11) is -1.81. The molecule has 0 amide bonds. The van der Waals surface area contributed by atoms with Crippen molar-refractivity contribution in [3.05, 3.63) is 12.4 Å². The van der Waals surface area contributed by atoms with Crippen molar-refractivity contribution in [2.24, 2.45) is 0 Å². The second-order valence-electron chi connectivity index (χ2n) is 4.30. The summed E-state index contributed by atoms with van der Waals surface area (Å²) >= 11 is 1.84. The molecule has 0 spiro atoms. The minimum atomic E-state index is -3.49. The molecule has 0 aliphatic heterocycles. The standard InChI is InChI=1S/C12H22N4O2S2/c1-13-12-14-9-11(10-15-12)20(17,18)16-7-5-3-4-6-8-19-2/h9-10,16H,3-8H2,1-2H3,(H,13,14,15). The molecular formula is C12H22N4O2S2. The molecule has 114 valence electrons. The first-order valence-electron chi connectivity index (χ1n) is 6.58. The molecule has 0 saturated carbocycles. The Hall–Kier alpha value is -0.860. The fraction of sp³-hybridized carbons (Fsp3) is 0.667. The third-order valence-corrected chi connectivity index (χ3v) is 4.84. The van der Waals surface area contributed by atoms with E-state index in [1.165, 1.54) is 24.6 Å². The first-order chi connectivity index (χ1) is 9.60. The van der Waals surface area contributed by atoms with Crippen LogP contribution < -0.4 is 10.0 Å². The van der Waals surface area contributed by atoms with Crippen molar-refractivity contribution in [2.75, 3.05) is 30.9 Å². The fourth-order valence-corrected chi connectivity index (χ4v) is 3.05. The Kier molecular flexibility index (Phi) is 7.86. The minimum Gasteiger partial charge on any atom is -0.357 e. The summed E-state index contributed by atoms with van der Waals surface area (Å²) in [4.78, 5) is 7.89. The van der Waals surface area contributed by atoms with Gasteiger partial charge in [0.15, 0.2) is 0 Å². The zero-order valence-electron chi connectivity index (χ0n) is 11.9. The largest absolute Gasteiger partial charge is 0.357 e. The Balaban J connectivity index is 2.33. The molecular weight excluding hydrogens is 296 g/mol. The Morgan fingerprint density at radius 1 is 1.15 bits per heavy atom. The summed E-state index contributed by atoms with van der Waals surface area (Å²) in [6.07, 6.45) is 8.92. The maximum atomic E-state index is 12.0. The number of hydrogen-bond acceptors (Lipinski definition) is 6. The first-order valence-corrected chi connectivity index (χ1v) is 9.46. The molecule has 0 radical (unpaired) electrons. The molecule has 0 unspecified atom stereocenters. The van der Waals surface area contributed by atoms with Crippen molar-refractivity contribution in [1.29, 1.82) is 0 Å². The lowest BCUT2D eigenvalue weighted by atomic mass is 10.2. The van der Waals surface area contributed by atoms with Crippen molar-refractivity contribution in [3.8, 4) is 0 Å². The summed E-state index contributed by atoms with van der Waals surface area (Å²) in [5, 5.41) is 2.74. The summed E-state index contributed by atoms with van der Waals surface area (Å²) in [5.41, 5.74) is 0. The van der Waals surface area contributed by atoms with Gasteiger partial charge in [0.25, 0.3) is 0 Å². The van der Waals surface area contributed by atoms with E-state index in [9.17, 15) is 8.42 Å². The highest BCUT2D eigenvalue weighted by Gasteiger charge is 2.14. The summed E-state index contributed by atoms with van der Waals surface area (Å²) in [5.74, 6) is 1.57. The number of nitrogens with zero attached hydrogens (tertiary/aromatic N) is 2. The van der Waals surface area contributed by atoms with Crippen LogP contribution in [0.2, 0.25) is 0 Å². The Bertz CT molecular complexity index is 477. The van der Waals surface area contributed by atoms with Crippen LogP contribution >= 0.6 is 11.8 Å². The second-order valence-corrected chi connectivity index (χ2v) is 7.05. The number of rotatable bonds is 10. The number of aromatic nitrogens is 2. The molecule has 0 aromatic carbocycles. The molecule has 0 aliphatic rings. The van der Waals surface area contributed by atoms with Crippen LogP contribution in [0.25, 0.3) is 0 Å². The van der Waals surface area contributed by atoms with Crippen LogP contribution in [0.5, 0.6) is 0 Å². The number of thioether (sulfide) groups is 1. The van der Waals surface area contributed by atoms with E-state index in [0.717, 1.165) is 19.3 Å². The lowest BCUT2D eigenvalue weighted by Crippen LogP contribution is -2.25. The first kappa shape index (κ1) is 17.2. The van der Waals surface area contributed by atoms with Crippen LogP contribution in [0, 0.1) is 0 Å². The third-order valence-electron chi connectivity index (χ3n) is 2.73. The predicted octanol–water partition coefficient (Wildman–Crippen LogP) is 1.72. The van der Waals surface area contributed by atoms with Crippen LogP contribution in [-0.4, -0.2) is 44.0 Å². The van der Waals surface area contributed by atoms with Crippen molar-refractivity contribution in [2.45, 2.75) is 30.6 Å². The maximum absolute atomic E-state index is 12.0. The van der Waals surface area contributed by atoms with Crippen LogP contribution in [0.4, 0.5) is 5.95 Å². The van der Waals surface area contributed by atoms with Crippen LogP contribution in [0.15, 0.2) is 17.3 Å². The second kappa shape index (κ2) is 9.15. The van der Waals surface area contributed by atoms with Crippen LogP contribution in [0.3, 0.4) is 0 Å². The van der Waals surface area contributed by atoms with E-state index >= 15 is 0 Å². The highest BCUT2D eigenvalue weighted by Crippen LogP contribution is 2.08. The van der Waals surface area contributed by atoms with Gasteiger partial charge in [0.2, 0.25) is 16.0 Å². The van der Waals surface area contributed by atoms with E-state index in [1.807, 2.05) is 11.8 Å². The van der Waals surface area contributed by atoms with Gasteiger partial charge in [0.1, 0.15) is 4.90 Å². The number of anilines is 1. The van der Waals surface area contributed by atoms with Gasteiger partial charge in [0, 0.05) is 13.6 Å². The van der Waals surface area contributed by atoms with E-state index in [0.29, 0.717) is 12.5 Å². The van der Waals surface area contributed by atoms with Gasteiger partial charge < -0.3 is 5.32 Å². The van der Waals surface area contributed by atoms with Crippen molar-refractivity contribution >= 4 is 27.7 Å². The molecule has 0 bridgehead atoms. The Labute approximate surface area is 125 Å². The molecule has 2 N–H and O–H groups in total. The SMILES string of the molecule is CNc1ncc(S(=O)(=O)NCCCCCCSC)cn1. The minimum absolute atomic E-state index is 0.0962. The smallest absolute Gasteiger partial charge is 0.243 e. The topological polar surface area (TPSA) is 84.0 Å². The van der Waals surface area contributed by atoms with Crippen LogP contribution in [0.1, 0.15) is 25.7 Å². The van der Waals surface area contributed by atoms with Gasteiger partial charge in [-0.05, 0) is 24.9 Å². The normalized spacial score (nSPS) is 11.5. The molecule has 1 aromatic rings. The zero-order valence-corrected chi connectivity index (χ0v) is 13.6. The monoisotopic (exact) mass is 318 g/mol. The van der Waals surface area contributed by atoms with E-state index in [2.05, 4.69) is 26.3 Å². The average Bonchev–Trinajstić information content (AvgIpc) is 2.46. The predicted molar refractivity (Wildman–Crippen MR) is 83.6 cm³/mol. The molecule has 0 atom stereocenters. The number of unbranched alkanes of at least 4 members (excludes halogenated alkanes) is 3. The maximum Gasteiger partial charge on any atom is 0.243 e. The molecule has 1 heterocycles. The van der Waals surface area contributed by atoms with E-state index in [4.69, 9.17) is 0 Å². The van der Waals surface area contributed by atoms with Gasteiger partial charge in [0.05, 0.1) is 12.4 Å². The zero-order chi connectivity index (χ0) is 14.8. The summed E-state index contributed by atoms with van der Waals surface area (Å²) in [6, 6.07) is 0. The molecule has 0 saturated heterocycles. The van der Waals surface area contributed by atoms with Crippen LogP contribution in [-0.2, 0) is 10.0 Å². The summed E-state index contributed by atoms with van der Waals surface area (Å²) < 4.78 is 26.5. The molecule has 0 aliphatic carbocycles. The third kappa shape index (κ3) is 6.06. The number of hydrogen-bond donors (Lipinski definition) is 2. The van der Waals surface area contributed by atoms with E-state index in [1.54, 1.807) is 7.05 Å². The Morgan fingerprint density at radius 2 is 1.80 bits per heavy atom. The molecule has 1 aromatic heterocycles. The van der Waals surface area contributed by atoms with Gasteiger partial charge >= 0.3 is 0 Å². The quantitative estimate of drug-likeness (QED) is 0.639. The number of nitrogens with one attached hydrogen (secondary N) is 2. The summed E-state index contributed by atoms with van der Waals surface area (Å²) in [6.45, 7) is 0.454. The molecule has 6 nitrogen and oxygen atoms in total. The van der Waals surface area contributed by atoms with Crippen molar-refractivity contribution in [3.63, 3.8) is 0 Å². The highest BCUT2D eigenvalue weighted by molar-refractivity contribution is 7.98. The Morgan fingerprint density at radius 3 is 2.40 bits per heavy atom. The lowest BCUT2D eigenvalue weighted by molar-refractivity contribution is 0.573. The molecule has 1 rings (SSSR count). The average molecular weight is 318 g/mol. The molecule has 0 fully saturated rings.